The largest absolute Gasteiger partial charge is 0.473 e. The molecule has 1 N–H and O–H groups in total. The number of aromatic nitrogens is 4. The third-order valence-electron chi connectivity index (χ3n) is 3.86. The summed E-state index contributed by atoms with van der Waals surface area (Å²) in [6, 6.07) is 5.33. The van der Waals surface area contributed by atoms with E-state index in [1.165, 1.54) is 0 Å². The molecule has 2 heterocycles. The van der Waals surface area contributed by atoms with Gasteiger partial charge < -0.3 is 4.74 Å². The van der Waals surface area contributed by atoms with Crippen molar-refractivity contribution in [3.8, 4) is 5.88 Å². The van der Waals surface area contributed by atoms with E-state index in [-0.39, 0.29) is 18.6 Å². The molecular formula is C17H13FIN5O3. The molecule has 0 aliphatic heterocycles. The molecule has 3 aromatic rings. The van der Waals surface area contributed by atoms with Crippen molar-refractivity contribution in [1.29, 1.82) is 0 Å². The quantitative estimate of drug-likeness (QED) is 0.561. The third-order valence-corrected chi connectivity index (χ3v) is 4.53. The minimum atomic E-state index is -0.614. The summed E-state index contributed by atoms with van der Waals surface area (Å²) in [6.07, 6.45) is 3.84. The summed E-state index contributed by atoms with van der Waals surface area (Å²) in [6.45, 7) is -0.345. The number of rotatable bonds is 5. The standard InChI is InChI=1S/C17H13FIN5O3/c18-9-6-20-17(21-7-9)22-14(25)8-24-16(26)12-4-1-10(19)5-13(12)15(23-24)27-11-2-3-11/h1,4-7,11H,2-3,8H2,(H,20,21,22,25). The Bertz CT molecular complexity index is 1080. The van der Waals surface area contributed by atoms with Crippen LogP contribution in [0.15, 0.2) is 35.4 Å². The second kappa shape index (κ2) is 7.18. The summed E-state index contributed by atoms with van der Waals surface area (Å²) in [5.41, 5.74) is -0.403. The maximum atomic E-state index is 12.8. The summed E-state index contributed by atoms with van der Waals surface area (Å²) >= 11 is 2.15. The summed E-state index contributed by atoms with van der Waals surface area (Å²) < 4.78 is 20.7. The molecule has 1 aliphatic carbocycles. The molecule has 0 spiro atoms. The van der Waals surface area contributed by atoms with E-state index in [1.54, 1.807) is 6.07 Å². The second-order valence-electron chi connectivity index (χ2n) is 6.05. The molecule has 138 valence electrons. The van der Waals surface area contributed by atoms with Crippen LogP contribution in [0.5, 0.6) is 5.88 Å². The zero-order chi connectivity index (χ0) is 19.0. The van der Waals surface area contributed by atoms with Crippen molar-refractivity contribution in [2.45, 2.75) is 25.5 Å². The number of amides is 1. The van der Waals surface area contributed by atoms with Gasteiger partial charge in [-0.15, -0.1) is 5.10 Å². The van der Waals surface area contributed by atoms with Crippen LogP contribution in [0.25, 0.3) is 10.8 Å². The maximum absolute atomic E-state index is 12.8. The van der Waals surface area contributed by atoms with Gasteiger partial charge in [-0.2, -0.15) is 0 Å². The Labute approximate surface area is 165 Å². The molecule has 0 atom stereocenters. The van der Waals surface area contributed by atoms with Crippen molar-refractivity contribution in [1.82, 2.24) is 19.7 Å². The molecule has 0 bridgehead atoms. The maximum Gasteiger partial charge on any atom is 0.275 e. The first kappa shape index (κ1) is 17.8. The predicted molar refractivity (Wildman–Crippen MR) is 103 cm³/mol. The number of ether oxygens (including phenoxy) is 1. The zero-order valence-corrected chi connectivity index (χ0v) is 16.0. The third kappa shape index (κ3) is 4.04. The monoisotopic (exact) mass is 481 g/mol. The average molecular weight is 481 g/mol. The fourth-order valence-corrected chi connectivity index (χ4v) is 2.93. The molecular weight excluding hydrogens is 468 g/mol. The van der Waals surface area contributed by atoms with Crippen molar-refractivity contribution >= 4 is 45.2 Å². The number of fused-ring (bicyclic) bond motifs is 1. The number of anilines is 1. The molecule has 10 heteroatoms. The highest BCUT2D eigenvalue weighted by molar-refractivity contribution is 14.1. The summed E-state index contributed by atoms with van der Waals surface area (Å²) in [7, 11) is 0. The molecule has 4 rings (SSSR count). The van der Waals surface area contributed by atoms with Gasteiger partial charge in [0.25, 0.3) is 5.56 Å². The van der Waals surface area contributed by atoms with Crippen LogP contribution in [0.3, 0.4) is 0 Å². The van der Waals surface area contributed by atoms with Crippen molar-refractivity contribution in [2.75, 3.05) is 5.32 Å². The first-order valence-corrected chi connectivity index (χ1v) is 9.22. The van der Waals surface area contributed by atoms with E-state index < -0.39 is 17.3 Å². The molecule has 1 amide bonds. The number of carbonyl (C=O) groups is 1. The highest BCUT2D eigenvalue weighted by Crippen LogP contribution is 2.30. The van der Waals surface area contributed by atoms with Crippen molar-refractivity contribution < 1.29 is 13.9 Å². The molecule has 0 radical (unpaired) electrons. The number of nitrogens with one attached hydrogen (secondary N) is 1. The summed E-state index contributed by atoms with van der Waals surface area (Å²) in [5.74, 6) is -0.897. The lowest BCUT2D eigenvalue weighted by molar-refractivity contribution is -0.117. The molecule has 2 aromatic heterocycles. The van der Waals surface area contributed by atoms with Crippen LogP contribution in [0.4, 0.5) is 10.3 Å². The van der Waals surface area contributed by atoms with E-state index in [9.17, 15) is 14.0 Å². The minimum Gasteiger partial charge on any atom is -0.473 e. The first-order valence-electron chi connectivity index (χ1n) is 8.14. The van der Waals surface area contributed by atoms with Crippen LogP contribution >= 0.6 is 22.6 Å². The fraction of sp³-hybridized carbons (Fsp3) is 0.235. The molecule has 27 heavy (non-hydrogen) atoms. The van der Waals surface area contributed by atoms with Gasteiger partial charge in [0.05, 0.1) is 23.2 Å². The van der Waals surface area contributed by atoms with Crippen LogP contribution in [-0.2, 0) is 11.3 Å². The first-order chi connectivity index (χ1) is 13.0. The highest BCUT2D eigenvalue weighted by atomic mass is 127. The Hall–Kier alpha value is -2.63. The van der Waals surface area contributed by atoms with Crippen LogP contribution in [0, 0.1) is 9.39 Å². The lowest BCUT2D eigenvalue weighted by Crippen LogP contribution is -2.30. The molecule has 1 aliphatic rings. The Morgan fingerprint density at radius 1 is 1.30 bits per heavy atom. The van der Waals surface area contributed by atoms with Crippen LogP contribution in [-0.4, -0.2) is 31.8 Å². The van der Waals surface area contributed by atoms with Crippen LogP contribution in [0.2, 0.25) is 0 Å². The van der Waals surface area contributed by atoms with Gasteiger partial charge in [0, 0.05) is 3.57 Å². The lowest BCUT2D eigenvalue weighted by Gasteiger charge is -2.12. The van der Waals surface area contributed by atoms with Crippen LogP contribution < -0.4 is 15.6 Å². The second-order valence-corrected chi connectivity index (χ2v) is 7.29. The van der Waals surface area contributed by atoms with Gasteiger partial charge in [-0.3, -0.25) is 14.9 Å². The number of nitrogens with zero attached hydrogens (tertiary/aromatic N) is 4. The van der Waals surface area contributed by atoms with E-state index >= 15 is 0 Å². The van der Waals surface area contributed by atoms with E-state index in [0.29, 0.717) is 16.7 Å². The van der Waals surface area contributed by atoms with Gasteiger partial charge in [-0.05, 0) is 53.6 Å². The van der Waals surface area contributed by atoms with Gasteiger partial charge >= 0.3 is 0 Å². The van der Waals surface area contributed by atoms with E-state index in [2.05, 4.69) is 43.0 Å². The normalized spacial score (nSPS) is 13.6. The number of hydrogen-bond acceptors (Lipinski definition) is 6. The average Bonchev–Trinajstić information content (AvgIpc) is 3.45. The Morgan fingerprint density at radius 2 is 2.04 bits per heavy atom. The number of carbonyl (C=O) groups excluding carboxylic acids is 1. The van der Waals surface area contributed by atoms with E-state index in [1.807, 2.05) is 12.1 Å². The van der Waals surface area contributed by atoms with Crippen molar-refractivity contribution in [2.24, 2.45) is 0 Å². The van der Waals surface area contributed by atoms with Gasteiger partial charge in [0.2, 0.25) is 17.7 Å². The van der Waals surface area contributed by atoms with Crippen molar-refractivity contribution in [3.63, 3.8) is 0 Å². The Kier molecular flexibility index (Phi) is 4.72. The zero-order valence-electron chi connectivity index (χ0n) is 13.9. The number of hydrogen-bond donors (Lipinski definition) is 1. The minimum absolute atomic E-state index is 0.0563. The number of benzene rings is 1. The van der Waals surface area contributed by atoms with E-state index in [4.69, 9.17) is 4.74 Å². The smallest absolute Gasteiger partial charge is 0.275 e. The van der Waals surface area contributed by atoms with E-state index in [0.717, 1.165) is 33.5 Å². The Balaban J connectivity index is 1.65. The molecule has 0 unspecified atom stereocenters. The van der Waals surface area contributed by atoms with Gasteiger partial charge in [0.1, 0.15) is 12.6 Å². The van der Waals surface area contributed by atoms with Gasteiger partial charge in [-0.25, -0.2) is 19.0 Å². The molecule has 1 saturated carbocycles. The lowest BCUT2D eigenvalue weighted by atomic mass is 10.2. The molecule has 1 fully saturated rings. The Morgan fingerprint density at radius 3 is 2.74 bits per heavy atom. The van der Waals surface area contributed by atoms with Crippen molar-refractivity contribution in [3.05, 3.63) is 50.3 Å². The summed E-state index contributed by atoms with van der Waals surface area (Å²) in [4.78, 5) is 32.2. The number of halogens is 2. The molecule has 8 nitrogen and oxygen atoms in total. The predicted octanol–water partition coefficient (Wildman–Crippen LogP) is 2.11. The highest BCUT2D eigenvalue weighted by Gasteiger charge is 2.26. The molecule has 1 aromatic carbocycles. The van der Waals surface area contributed by atoms with Gasteiger partial charge in [-0.1, -0.05) is 0 Å². The van der Waals surface area contributed by atoms with Crippen LogP contribution in [0.1, 0.15) is 12.8 Å². The molecule has 0 saturated heterocycles. The van der Waals surface area contributed by atoms with Gasteiger partial charge in [0.15, 0.2) is 5.82 Å². The topological polar surface area (TPSA) is 99.0 Å². The SMILES string of the molecule is O=C(Cn1nc(OC2CC2)c2cc(I)ccc2c1=O)Nc1ncc(F)cn1. The summed E-state index contributed by atoms with van der Waals surface area (Å²) in [5, 5.41) is 7.68. The fourth-order valence-electron chi connectivity index (χ4n) is 2.44.